The summed E-state index contributed by atoms with van der Waals surface area (Å²) in [6.07, 6.45) is 3.41. The second kappa shape index (κ2) is 6.24. The van der Waals surface area contributed by atoms with Crippen LogP contribution in [-0.4, -0.2) is 26.9 Å². The normalized spacial score (nSPS) is 12.6. The van der Waals surface area contributed by atoms with E-state index in [1.165, 1.54) is 9.56 Å². The predicted octanol–water partition coefficient (Wildman–Crippen LogP) is 3.03. The number of rotatable bonds is 5. The summed E-state index contributed by atoms with van der Waals surface area (Å²) in [5.41, 5.74) is 1.24. The molecule has 0 aliphatic rings. The molecule has 0 amide bonds. The van der Waals surface area contributed by atoms with Crippen molar-refractivity contribution in [2.24, 2.45) is 0 Å². The second-order valence-corrected chi connectivity index (χ2v) is 6.81. The lowest BCUT2D eigenvalue weighted by Gasteiger charge is -2.13. The molecule has 0 aromatic carbocycles. The van der Waals surface area contributed by atoms with Gasteiger partial charge >= 0.3 is 5.97 Å². The van der Waals surface area contributed by atoms with E-state index < -0.39 is 12.0 Å². The van der Waals surface area contributed by atoms with Crippen LogP contribution in [0.5, 0.6) is 0 Å². The number of fused-ring (bicyclic) bond motifs is 3. The maximum atomic E-state index is 13.0. The van der Waals surface area contributed by atoms with Crippen LogP contribution in [0.1, 0.15) is 24.8 Å². The van der Waals surface area contributed by atoms with E-state index in [1.54, 1.807) is 37.5 Å². The summed E-state index contributed by atoms with van der Waals surface area (Å²) in [6, 6.07) is 1.29. The Labute approximate surface area is 143 Å². The Kier molecular flexibility index (Phi) is 4.28. The maximum absolute atomic E-state index is 13.0. The highest BCUT2D eigenvalue weighted by atomic mass is 32.1. The minimum absolute atomic E-state index is 0.266. The van der Waals surface area contributed by atoms with Crippen LogP contribution < -0.4 is 5.56 Å². The van der Waals surface area contributed by atoms with Crippen LogP contribution in [0.15, 0.2) is 29.7 Å². The summed E-state index contributed by atoms with van der Waals surface area (Å²) in [7, 11) is 0. The number of nitrogens with zero attached hydrogens (tertiary/aromatic N) is 3. The van der Waals surface area contributed by atoms with Crippen molar-refractivity contribution in [3.05, 3.63) is 40.1 Å². The van der Waals surface area contributed by atoms with Crippen LogP contribution in [0.2, 0.25) is 0 Å². The zero-order valence-corrected chi connectivity index (χ0v) is 14.7. The molecule has 0 spiro atoms. The number of hydrogen-bond acceptors (Lipinski definition) is 5. The average molecular weight is 345 g/mol. The third-order valence-corrected chi connectivity index (χ3v) is 5.00. The number of allylic oxidation sites excluding steroid dienone is 1. The molecule has 0 unspecified atom stereocenters. The van der Waals surface area contributed by atoms with Gasteiger partial charge in [-0.05, 0) is 26.8 Å². The van der Waals surface area contributed by atoms with Crippen molar-refractivity contribution in [3.8, 4) is 0 Å². The van der Waals surface area contributed by atoms with Gasteiger partial charge in [0.2, 0.25) is 0 Å². The molecule has 0 aliphatic heterocycles. The number of thiophene rings is 1. The van der Waals surface area contributed by atoms with Gasteiger partial charge in [-0.25, -0.2) is 9.48 Å². The van der Waals surface area contributed by atoms with E-state index in [1.807, 2.05) is 11.5 Å². The summed E-state index contributed by atoms with van der Waals surface area (Å²) in [5, 5.41) is 5.02. The smallest absolute Gasteiger partial charge is 0.330 e. The molecule has 0 N–H and O–H groups in total. The number of aryl methyl sites for hydroxylation is 1. The van der Waals surface area contributed by atoms with Crippen LogP contribution in [0.25, 0.3) is 21.1 Å². The van der Waals surface area contributed by atoms with Gasteiger partial charge < -0.3 is 9.30 Å². The largest absolute Gasteiger partial charge is 0.464 e. The van der Waals surface area contributed by atoms with Gasteiger partial charge in [0.15, 0.2) is 6.04 Å². The number of carbonyl (C=O) groups is 1. The molecule has 1 atom stereocenters. The van der Waals surface area contributed by atoms with E-state index in [-0.39, 0.29) is 12.2 Å². The van der Waals surface area contributed by atoms with Gasteiger partial charge in [-0.15, -0.1) is 17.9 Å². The Morgan fingerprint density at radius 2 is 2.29 bits per heavy atom. The molecule has 3 aromatic rings. The highest BCUT2D eigenvalue weighted by molar-refractivity contribution is 7.20. The quantitative estimate of drug-likeness (QED) is 0.527. The lowest BCUT2D eigenvalue weighted by Crippen LogP contribution is -2.32. The Hall–Kier alpha value is -2.41. The summed E-state index contributed by atoms with van der Waals surface area (Å²) in [6.45, 7) is 9.95. The van der Waals surface area contributed by atoms with Crippen molar-refractivity contribution < 1.29 is 9.53 Å². The van der Waals surface area contributed by atoms with Crippen molar-refractivity contribution in [3.63, 3.8) is 0 Å². The molecule has 24 heavy (non-hydrogen) atoms. The topological polar surface area (TPSA) is 66.1 Å². The van der Waals surface area contributed by atoms with Crippen LogP contribution in [-0.2, 0) is 16.1 Å². The van der Waals surface area contributed by atoms with Gasteiger partial charge in [-0.1, -0.05) is 6.08 Å². The van der Waals surface area contributed by atoms with Crippen molar-refractivity contribution in [2.45, 2.75) is 33.4 Å². The molecule has 7 heteroatoms. The maximum Gasteiger partial charge on any atom is 0.330 e. The standard InChI is InChI=1S/C17H19N3O3S/c1-5-7-19-13-8-10(3)24-15(13)12-9-18-20(16(21)14(12)19)11(4)17(22)23-6-2/h5,8-9,11H,1,6-7H2,2-4H3/t11-/m0/s1. The molecule has 3 rings (SSSR count). The molecule has 6 nitrogen and oxygen atoms in total. The van der Waals surface area contributed by atoms with E-state index in [2.05, 4.69) is 17.7 Å². The van der Waals surface area contributed by atoms with Gasteiger partial charge in [0, 0.05) is 16.8 Å². The molecule has 0 bridgehead atoms. The van der Waals surface area contributed by atoms with E-state index in [4.69, 9.17) is 4.74 Å². The lowest BCUT2D eigenvalue weighted by atomic mass is 10.3. The molecule has 0 aliphatic carbocycles. The summed E-state index contributed by atoms with van der Waals surface area (Å²) < 4.78 is 9.16. The van der Waals surface area contributed by atoms with E-state index >= 15 is 0 Å². The Balaban J connectivity index is 2.28. The summed E-state index contributed by atoms with van der Waals surface area (Å²) >= 11 is 1.63. The van der Waals surface area contributed by atoms with Gasteiger partial charge in [-0.3, -0.25) is 4.79 Å². The molecule has 3 aromatic heterocycles. The van der Waals surface area contributed by atoms with Crippen molar-refractivity contribution in [2.75, 3.05) is 6.61 Å². The van der Waals surface area contributed by atoms with Crippen molar-refractivity contribution in [1.82, 2.24) is 14.3 Å². The highest BCUT2D eigenvalue weighted by Crippen LogP contribution is 2.33. The highest BCUT2D eigenvalue weighted by Gasteiger charge is 2.23. The molecular weight excluding hydrogens is 326 g/mol. The number of esters is 1. The minimum atomic E-state index is -0.770. The molecule has 0 fully saturated rings. The van der Waals surface area contributed by atoms with E-state index in [9.17, 15) is 9.59 Å². The van der Waals surface area contributed by atoms with Gasteiger partial charge in [0.05, 0.1) is 23.0 Å². The molecule has 126 valence electrons. The zero-order valence-electron chi connectivity index (χ0n) is 13.9. The van der Waals surface area contributed by atoms with Crippen LogP contribution in [0, 0.1) is 6.92 Å². The first-order chi connectivity index (χ1) is 11.5. The Morgan fingerprint density at radius 1 is 1.54 bits per heavy atom. The van der Waals surface area contributed by atoms with Crippen LogP contribution in [0.4, 0.5) is 0 Å². The SMILES string of the molecule is C=CCn1c2cc(C)sc2c2cnn([C@@H](C)C(=O)OCC)c(=O)c21. The zero-order chi connectivity index (χ0) is 17.4. The number of aromatic nitrogens is 3. The first kappa shape index (κ1) is 16.4. The molecular formula is C17H19N3O3S. The third-order valence-electron chi connectivity index (χ3n) is 3.92. The summed E-state index contributed by atoms with van der Waals surface area (Å²) in [4.78, 5) is 26.1. The Morgan fingerprint density at radius 3 is 2.96 bits per heavy atom. The summed E-state index contributed by atoms with van der Waals surface area (Å²) in [5.74, 6) is -0.467. The first-order valence-electron chi connectivity index (χ1n) is 7.77. The number of ether oxygens (including phenoxy) is 1. The van der Waals surface area contributed by atoms with Gasteiger partial charge in [0.1, 0.15) is 5.52 Å². The molecule has 0 radical (unpaired) electrons. The monoisotopic (exact) mass is 345 g/mol. The number of carbonyl (C=O) groups excluding carboxylic acids is 1. The predicted molar refractivity (Wildman–Crippen MR) is 95.7 cm³/mol. The molecule has 0 saturated carbocycles. The number of hydrogen-bond donors (Lipinski definition) is 0. The van der Waals surface area contributed by atoms with Crippen molar-refractivity contribution >= 4 is 38.4 Å². The third kappa shape index (κ3) is 2.45. The lowest BCUT2D eigenvalue weighted by molar-refractivity contribution is -0.147. The van der Waals surface area contributed by atoms with E-state index in [0.717, 1.165) is 15.6 Å². The van der Waals surface area contributed by atoms with Crippen molar-refractivity contribution in [1.29, 1.82) is 0 Å². The molecule has 0 saturated heterocycles. The Bertz CT molecular complexity index is 996. The van der Waals surface area contributed by atoms with Gasteiger partial charge in [0.25, 0.3) is 5.56 Å². The fourth-order valence-corrected chi connectivity index (χ4v) is 3.88. The fourth-order valence-electron chi connectivity index (χ4n) is 2.86. The average Bonchev–Trinajstić information content (AvgIpc) is 3.05. The van der Waals surface area contributed by atoms with Crippen LogP contribution >= 0.6 is 11.3 Å². The first-order valence-corrected chi connectivity index (χ1v) is 8.58. The second-order valence-electron chi connectivity index (χ2n) is 5.56. The van der Waals surface area contributed by atoms with E-state index in [0.29, 0.717) is 12.1 Å². The fraction of sp³-hybridized carbons (Fsp3) is 0.353. The van der Waals surface area contributed by atoms with Gasteiger partial charge in [-0.2, -0.15) is 5.10 Å². The minimum Gasteiger partial charge on any atom is -0.464 e. The van der Waals surface area contributed by atoms with Crippen LogP contribution in [0.3, 0.4) is 0 Å². The molecule has 3 heterocycles.